The van der Waals surface area contributed by atoms with E-state index in [1.54, 1.807) is 29.1 Å². The Bertz CT molecular complexity index is 1420. The topological polar surface area (TPSA) is 110 Å². The Labute approximate surface area is 213 Å². The summed E-state index contributed by atoms with van der Waals surface area (Å²) >= 11 is 0. The Hall–Kier alpha value is -4.37. The molecule has 0 spiro atoms. The van der Waals surface area contributed by atoms with Gasteiger partial charge in [-0.3, -0.25) is 14.9 Å². The average Bonchev–Trinajstić information content (AvgIpc) is 3.57. The number of aromatic nitrogens is 2. The van der Waals surface area contributed by atoms with Crippen molar-refractivity contribution in [2.24, 2.45) is 5.92 Å². The first-order valence-electron chi connectivity index (χ1n) is 12.4. The van der Waals surface area contributed by atoms with Gasteiger partial charge in [0.15, 0.2) is 12.0 Å². The van der Waals surface area contributed by atoms with Crippen molar-refractivity contribution in [1.29, 1.82) is 0 Å². The predicted molar refractivity (Wildman–Crippen MR) is 137 cm³/mol. The number of carbonyl (C=O) groups is 2. The summed E-state index contributed by atoms with van der Waals surface area (Å²) in [6, 6.07) is 20.3. The number of carbonyl (C=O) groups excluding carboxylic acids is 2. The lowest BCUT2D eigenvalue weighted by molar-refractivity contribution is -0.130. The van der Waals surface area contributed by atoms with Crippen LogP contribution in [0.2, 0.25) is 0 Å². The van der Waals surface area contributed by atoms with Crippen LogP contribution in [0.5, 0.6) is 11.5 Å². The fraction of sp³-hybridized carbons (Fsp3) is 0.250. The van der Waals surface area contributed by atoms with Crippen LogP contribution in [0, 0.1) is 5.92 Å². The van der Waals surface area contributed by atoms with Gasteiger partial charge in [-0.1, -0.05) is 43.3 Å². The van der Waals surface area contributed by atoms with Crippen LogP contribution in [-0.2, 0) is 9.59 Å². The highest BCUT2D eigenvalue weighted by Crippen LogP contribution is 2.44. The van der Waals surface area contributed by atoms with E-state index in [1.807, 2.05) is 62.4 Å². The second-order valence-corrected chi connectivity index (χ2v) is 9.32. The molecule has 2 aliphatic heterocycles. The lowest BCUT2D eigenvalue weighted by Gasteiger charge is -2.35. The molecule has 9 heteroatoms. The summed E-state index contributed by atoms with van der Waals surface area (Å²) < 4.78 is 13.2. The number of ether oxygens (including phenoxy) is 1. The first-order valence-corrected chi connectivity index (χ1v) is 12.4. The van der Waals surface area contributed by atoms with Crippen LogP contribution in [0.25, 0.3) is 11.5 Å². The summed E-state index contributed by atoms with van der Waals surface area (Å²) in [6.07, 6.45) is 1.64. The van der Waals surface area contributed by atoms with Crippen molar-refractivity contribution >= 4 is 17.6 Å². The molecule has 37 heavy (non-hydrogen) atoms. The second kappa shape index (κ2) is 9.25. The first-order chi connectivity index (χ1) is 18.0. The van der Waals surface area contributed by atoms with E-state index in [-0.39, 0.29) is 23.8 Å². The first kappa shape index (κ1) is 23.1. The summed E-state index contributed by atoms with van der Waals surface area (Å²) in [5.41, 5.74) is 2.09. The molecular formula is C28H27N5O4. The van der Waals surface area contributed by atoms with Crippen LogP contribution < -0.4 is 20.7 Å². The van der Waals surface area contributed by atoms with E-state index in [2.05, 4.69) is 21.0 Å². The molecule has 3 atom stereocenters. The van der Waals surface area contributed by atoms with Gasteiger partial charge in [0.25, 0.3) is 0 Å². The number of hydrogen-bond acceptors (Lipinski definition) is 6. The molecule has 9 nitrogen and oxygen atoms in total. The molecule has 4 aromatic rings. The van der Waals surface area contributed by atoms with Gasteiger partial charge < -0.3 is 19.8 Å². The SMILES string of the molecule is CCC1C(=O)NC(n2nc(-c3ccco3)cc2NC(=O)C2c3ccccc3Oc3ccccc32)NC1C. The maximum Gasteiger partial charge on any atom is 0.237 e. The van der Waals surface area contributed by atoms with Crippen LogP contribution >= 0.6 is 0 Å². The van der Waals surface area contributed by atoms with Crippen molar-refractivity contribution in [1.82, 2.24) is 20.4 Å². The lowest BCUT2D eigenvalue weighted by Crippen LogP contribution is -2.57. The standard InChI is InChI=1S/C28H27N5O4/c1-3-17-16(2)29-28(31-26(17)34)33-24(15-20(32-33)23-13-8-14-36-23)30-27(35)25-18-9-4-6-11-21(18)37-22-12-7-5-10-19(22)25/h4-17,25,28-29H,3H2,1-2H3,(H,30,35)(H,31,34). The van der Waals surface area contributed by atoms with Gasteiger partial charge in [0, 0.05) is 23.2 Å². The summed E-state index contributed by atoms with van der Waals surface area (Å²) in [6.45, 7) is 3.96. The number of fused-ring (bicyclic) bond motifs is 2. The molecule has 2 aromatic heterocycles. The van der Waals surface area contributed by atoms with Crippen molar-refractivity contribution in [2.75, 3.05) is 5.32 Å². The molecule has 4 heterocycles. The Morgan fingerprint density at radius 2 is 1.76 bits per heavy atom. The van der Waals surface area contributed by atoms with E-state index in [4.69, 9.17) is 9.15 Å². The Kier molecular flexibility index (Phi) is 5.77. The third-order valence-corrected chi connectivity index (χ3v) is 7.03. The van der Waals surface area contributed by atoms with Crippen molar-refractivity contribution in [3.8, 4) is 23.0 Å². The molecule has 0 radical (unpaired) electrons. The highest BCUT2D eigenvalue weighted by molar-refractivity contribution is 5.99. The van der Waals surface area contributed by atoms with Crippen molar-refractivity contribution < 1.29 is 18.7 Å². The molecule has 0 aliphatic carbocycles. The molecule has 1 saturated heterocycles. The lowest BCUT2D eigenvalue weighted by atomic mass is 9.87. The molecule has 2 amide bonds. The van der Waals surface area contributed by atoms with Crippen molar-refractivity contribution in [2.45, 2.75) is 38.5 Å². The van der Waals surface area contributed by atoms with Crippen molar-refractivity contribution in [3.63, 3.8) is 0 Å². The number of benzene rings is 2. The fourth-order valence-corrected chi connectivity index (χ4v) is 5.17. The summed E-state index contributed by atoms with van der Waals surface area (Å²) in [7, 11) is 0. The molecule has 0 saturated carbocycles. The molecule has 6 rings (SSSR count). The van der Waals surface area contributed by atoms with Crippen LogP contribution in [0.4, 0.5) is 5.82 Å². The Morgan fingerprint density at radius 3 is 2.38 bits per heavy atom. The van der Waals surface area contributed by atoms with Gasteiger partial charge in [0.1, 0.15) is 23.0 Å². The number of para-hydroxylation sites is 2. The van der Waals surface area contributed by atoms with Crippen molar-refractivity contribution in [3.05, 3.63) is 84.1 Å². The average molecular weight is 498 g/mol. The van der Waals surface area contributed by atoms with Gasteiger partial charge in [-0.25, -0.2) is 4.68 Å². The van der Waals surface area contributed by atoms with Crippen LogP contribution in [0.1, 0.15) is 43.6 Å². The number of furan rings is 1. The summed E-state index contributed by atoms with van der Waals surface area (Å²) in [4.78, 5) is 26.7. The van der Waals surface area contributed by atoms with Gasteiger partial charge in [-0.05, 0) is 37.6 Å². The molecule has 0 bridgehead atoms. The van der Waals surface area contributed by atoms with E-state index < -0.39 is 12.2 Å². The molecule has 2 aromatic carbocycles. The molecule has 3 unspecified atom stereocenters. The second-order valence-electron chi connectivity index (χ2n) is 9.32. The smallest absolute Gasteiger partial charge is 0.237 e. The minimum Gasteiger partial charge on any atom is -0.463 e. The van der Waals surface area contributed by atoms with Gasteiger partial charge in [-0.15, -0.1) is 0 Å². The summed E-state index contributed by atoms with van der Waals surface area (Å²) in [5, 5.41) is 14.2. The van der Waals surface area contributed by atoms with Gasteiger partial charge >= 0.3 is 0 Å². The van der Waals surface area contributed by atoms with E-state index in [1.165, 1.54) is 0 Å². The molecular weight excluding hydrogens is 470 g/mol. The number of rotatable bonds is 5. The third-order valence-electron chi connectivity index (χ3n) is 7.03. The van der Waals surface area contributed by atoms with E-state index >= 15 is 0 Å². The van der Waals surface area contributed by atoms with Gasteiger partial charge in [-0.2, -0.15) is 5.10 Å². The molecule has 3 N–H and O–H groups in total. The van der Waals surface area contributed by atoms with Crippen LogP contribution in [-0.4, -0.2) is 27.6 Å². The van der Waals surface area contributed by atoms with Crippen LogP contribution in [0.15, 0.2) is 77.4 Å². The Balaban J connectivity index is 1.38. The zero-order chi connectivity index (χ0) is 25.5. The van der Waals surface area contributed by atoms with Crippen LogP contribution in [0.3, 0.4) is 0 Å². The zero-order valence-electron chi connectivity index (χ0n) is 20.5. The highest BCUT2D eigenvalue weighted by atomic mass is 16.5. The third kappa shape index (κ3) is 4.07. The number of nitrogens with one attached hydrogen (secondary N) is 3. The molecule has 2 aliphatic rings. The molecule has 188 valence electrons. The zero-order valence-corrected chi connectivity index (χ0v) is 20.5. The highest BCUT2D eigenvalue weighted by Gasteiger charge is 2.36. The number of amides is 2. The van der Waals surface area contributed by atoms with Gasteiger partial charge in [0.05, 0.1) is 18.1 Å². The fourth-order valence-electron chi connectivity index (χ4n) is 5.17. The maximum atomic E-state index is 13.9. The summed E-state index contributed by atoms with van der Waals surface area (Å²) in [5.74, 6) is 1.24. The maximum absolute atomic E-state index is 13.9. The quantitative estimate of drug-likeness (QED) is 0.371. The van der Waals surface area contributed by atoms with E-state index in [0.29, 0.717) is 28.8 Å². The van der Waals surface area contributed by atoms with E-state index in [0.717, 1.165) is 17.5 Å². The Morgan fingerprint density at radius 1 is 1.05 bits per heavy atom. The van der Waals surface area contributed by atoms with Gasteiger partial charge in [0.2, 0.25) is 11.8 Å². The largest absolute Gasteiger partial charge is 0.463 e. The molecule has 1 fully saturated rings. The number of anilines is 1. The number of nitrogens with zero attached hydrogens (tertiary/aromatic N) is 2. The predicted octanol–water partition coefficient (Wildman–Crippen LogP) is 4.61. The van der Waals surface area contributed by atoms with E-state index in [9.17, 15) is 9.59 Å². The number of hydrogen-bond donors (Lipinski definition) is 3. The minimum atomic E-state index is -0.640. The monoisotopic (exact) mass is 497 g/mol. The minimum absolute atomic E-state index is 0.0571. The normalized spacial score (nSPS) is 20.9.